The van der Waals surface area contributed by atoms with Crippen LogP contribution in [0.25, 0.3) is 0 Å². The van der Waals surface area contributed by atoms with E-state index in [-0.39, 0.29) is 0 Å². The van der Waals surface area contributed by atoms with E-state index in [4.69, 9.17) is 0 Å². The average Bonchev–Trinajstić information content (AvgIpc) is 2.57. The molecule has 2 heterocycles. The van der Waals surface area contributed by atoms with Gasteiger partial charge in [0.15, 0.2) is 0 Å². The van der Waals surface area contributed by atoms with Gasteiger partial charge in [0.25, 0.3) is 0 Å². The molecule has 1 aliphatic heterocycles. The second-order valence-corrected chi connectivity index (χ2v) is 4.48. The molecule has 1 saturated heterocycles. The summed E-state index contributed by atoms with van der Waals surface area (Å²) in [6.07, 6.45) is 3.47. The van der Waals surface area contributed by atoms with Crippen molar-refractivity contribution in [2.45, 2.75) is 24.9 Å². The molecule has 1 fully saturated rings. The van der Waals surface area contributed by atoms with E-state index in [1.807, 2.05) is 5.38 Å². The van der Waals surface area contributed by atoms with Crippen molar-refractivity contribution in [2.75, 3.05) is 13.1 Å². The first kappa shape index (κ1) is 9.09. The normalized spacial score (nSPS) is 21.6. The van der Waals surface area contributed by atoms with Crippen LogP contribution in [0.1, 0.15) is 17.8 Å². The largest absolute Gasteiger partial charge is 0.316 e. The Morgan fingerprint density at radius 2 is 2.31 bits per heavy atom. The molecule has 0 atom stereocenters. The fraction of sp³-hybridized carbons (Fsp3) is 0.667. The summed E-state index contributed by atoms with van der Waals surface area (Å²) in [4.78, 5) is 4.11. The Balaban J connectivity index is 1.99. The predicted molar refractivity (Wildman–Crippen MR) is 51.8 cm³/mol. The fourth-order valence-electron chi connectivity index (χ4n) is 1.66. The maximum Gasteiger partial charge on any atom is 0.119 e. The van der Waals surface area contributed by atoms with Crippen molar-refractivity contribution in [3.63, 3.8) is 0 Å². The van der Waals surface area contributed by atoms with Crippen molar-refractivity contribution in [2.24, 2.45) is 0 Å². The van der Waals surface area contributed by atoms with Gasteiger partial charge in [-0.15, -0.1) is 11.3 Å². The van der Waals surface area contributed by atoms with Gasteiger partial charge in [-0.05, 0) is 25.9 Å². The molecule has 2 nitrogen and oxygen atoms in total. The van der Waals surface area contributed by atoms with Crippen LogP contribution >= 0.6 is 11.3 Å². The van der Waals surface area contributed by atoms with E-state index < -0.39 is 5.67 Å². The molecule has 0 amide bonds. The van der Waals surface area contributed by atoms with Crippen LogP contribution in [0.15, 0.2) is 11.6 Å². The van der Waals surface area contributed by atoms with Crippen molar-refractivity contribution < 1.29 is 4.39 Å². The first-order valence-electron chi connectivity index (χ1n) is 4.57. The van der Waals surface area contributed by atoms with Gasteiger partial charge >= 0.3 is 0 Å². The van der Waals surface area contributed by atoms with Crippen LogP contribution in [-0.2, 0) is 6.42 Å². The van der Waals surface area contributed by atoms with E-state index in [2.05, 4.69) is 10.3 Å². The molecule has 1 aromatic heterocycles. The number of rotatable bonds is 2. The molecular weight excluding hydrogens is 187 g/mol. The topological polar surface area (TPSA) is 24.9 Å². The van der Waals surface area contributed by atoms with E-state index in [1.165, 1.54) is 0 Å². The summed E-state index contributed by atoms with van der Waals surface area (Å²) >= 11 is 1.54. The molecule has 4 heteroatoms. The lowest BCUT2D eigenvalue weighted by atomic mass is 9.91. The molecule has 0 radical (unpaired) electrons. The van der Waals surface area contributed by atoms with Gasteiger partial charge in [0.1, 0.15) is 5.67 Å². The average molecular weight is 200 g/mol. The maximum absolute atomic E-state index is 14.1. The molecule has 1 N–H and O–H groups in total. The van der Waals surface area contributed by atoms with E-state index in [0.29, 0.717) is 19.3 Å². The van der Waals surface area contributed by atoms with E-state index >= 15 is 0 Å². The smallest absolute Gasteiger partial charge is 0.119 e. The highest BCUT2D eigenvalue weighted by molar-refractivity contribution is 7.09. The summed E-state index contributed by atoms with van der Waals surface area (Å²) in [5, 5.41) is 5.99. The first-order chi connectivity index (χ1) is 6.29. The molecular formula is C9H13FN2S. The monoisotopic (exact) mass is 200 g/mol. The molecule has 72 valence electrons. The third-order valence-electron chi connectivity index (χ3n) is 2.45. The molecule has 1 aliphatic rings. The molecule has 2 rings (SSSR count). The van der Waals surface area contributed by atoms with Crippen LogP contribution in [0.3, 0.4) is 0 Å². The highest BCUT2D eigenvalue weighted by atomic mass is 32.1. The lowest BCUT2D eigenvalue weighted by Crippen LogP contribution is -2.40. The van der Waals surface area contributed by atoms with Crippen molar-refractivity contribution in [3.05, 3.63) is 16.6 Å². The lowest BCUT2D eigenvalue weighted by molar-refractivity contribution is 0.116. The van der Waals surface area contributed by atoms with Gasteiger partial charge in [-0.1, -0.05) is 0 Å². The number of nitrogens with zero attached hydrogens (tertiary/aromatic N) is 1. The standard InChI is InChI=1S/C9H13FN2S/c10-9(1-3-11-4-2-9)7-8-12-5-6-13-8/h5-6,11H,1-4,7H2. The zero-order valence-electron chi connectivity index (χ0n) is 7.42. The highest BCUT2D eigenvalue weighted by Crippen LogP contribution is 2.28. The Morgan fingerprint density at radius 3 is 2.92 bits per heavy atom. The van der Waals surface area contributed by atoms with Crippen LogP contribution in [-0.4, -0.2) is 23.7 Å². The number of piperidine rings is 1. The third-order valence-corrected chi connectivity index (χ3v) is 3.23. The molecule has 1 aromatic rings. The summed E-state index contributed by atoms with van der Waals surface area (Å²) in [6, 6.07) is 0. The van der Waals surface area contributed by atoms with Crippen molar-refractivity contribution in [3.8, 4) is 0 Å². The number of hydrogen-bond donors (Lipinski definition) is 1. The summed E-state index contributed by atoms with van der Waals surface area (Å²) in [5.74, 6) is 0. The van der Waals surface area contributed by atoms with E-state index in [0.717, 1.165) is 18.1 Å². The zero-order chi connectivity index (χ0) is 9.15. The summed E-state index contributed by atoms with van der Waals surface area (Å²) in [5.41, 5.74) is -1.01. The second kappa shape index (κ2) is 3.72. The quantitative estimate of drug-likeness (QED) is 0.787. The van der Waals surface area contributed by atoms with Crippen LogP contribution in [0.4, 0.5) is 4.39 Å². The Kier molecular flexibility index (Phi) is 2.60. The van der Waals surface area contributed by atoms with Crippen LogP contribution in [0, 0.1) is 0 Å². The summed E-state index contributed by atoms with van der Waals surface area (Å²) in [7, 11) is 0. The molecule has 0 bridgehead atoms. The lowest BCUT2D eigenvalue weighted by Gasteiger charge is -2.29. The Hall–Kier alpha value is -0.480. The minimum absolute atomic E-state index is 0.492. The summed E-state index contributed by atoms with van der Waals surface area (Å²) in [6.45, 7) is 1.59. The minimum Gasteiger partial charge on any atom is -0.316 e. The van der Waals surface area contributed by atoms with Crippen LogP contribution in [0.2, 0.25) is 0 Å². The van der Waals surface area contributed by atoms with Gasteiger partial charge in [0.2, 0.25) is 0 Å². The summed E-state index contributed by atoms with van der Waals surface area (Å²) < 4.78 is 14.1. The highest BCUT2D eigenvalue weighted by Gasteiger charge is 2.32. The molecule has 0 unspecified atom stereocenters. The van der Waals surface area contributed by atoms with Crippen molar-refractivity contribution >= 4 is 11.3 Å². The predicted octanol–water partition coefficient (Wildman–Crippen LogP) is 1.78. The minimum atomic E-state index is -1.01. The number of aromatic nitrogens is 1. The molecule has 0 aromatic carbocycles. The Morgan fingerprint density at radius 1 is 1.54 bits per heavy atom. The molecule has 0 aliphatic carbocycles. The number of nitrogens with one attached hydrogen (secondary N) is 1. The van der Waals surface area contributed by atoms with Crippen molar-refractivity contribution in [1.29, 1.82) is 0 Å². The van der Waals surface area contributed by atoms with E-state index in [1.54, 1.807) is 17.5 Å². The third kappa shape index (κ3) is 2.25. The van der Waals surface area contributed by atoms with Crippen LogP contribution < -0.4 is 5.32 Å². The zero-order valence-corrected chi connectivity index (χ0v) is 8.24. The van der Waals surface area contributed by atoms with Gasteiger partial charge in [-0.25, -0.2) is 9.37 Å². The van der Waals surface area contributed by atoms with Gasteiger partial charge in [-0.3, -0.25) is 0 Å². The van der Waals surface area contributed by atoms with E-state index in [9.17, 15) is 4.39 Å². The van der Waals surface area contributed by atoms with Gasteiger partial charge in [0.05, 0.1) is 5.01 Å². The first-order valence-corrected chi connectivity index (χ1v) is 5.44. The Labute approximate surface area is 81.2 Å². The van der Waals surface area contributed by atoms with Crippen LogP contribution in [0.5, 0.6) is 0 Å². The van der Waals surface area contributed by atoms with Crippen molar-refractivity contribution in [1.82, 2.24) is 10.3 Å². The Bertz CT molecular complexity index is 255. The van der Waals surface area contributed by atoms with Gasteiger partial charge in [0, 0.05) is 18.0 Å². The van der Waals surface area contributed by atoms with Gasteiger partial charge < -0.3 is 5.32 Å². The number of halogens is 1. The maximum atomic E-state index is 14.1. The molecule has 13 heavy (non-hydrogen) atoms. The number of alkyl halides is 1. The second-order valence-electron chi connectivity index (χ2n) is 3.50. The number of hydrogen-bond acceptors (Lipinski definition) is 3. The fourth-order valence-corrected chi connectivity index (χ4v) is 2.41. The molecule has 0 saturated carbocycles. The SMILES string of the molecule is FC1(Cc2nccs2)CCNCC1. The van der Waals surface area contributed by atoms with Gasteiger partial charge in [-0.2, -0.15) is 0 Å². The number of thiazole rings is 1. The molecule has 0 spiro atoms.